The van der Waals surface area contributed by atoms with E-state index in [-0.39, 0.29) is 18.0 Å². The first kappa shape index (κ1) is 21.9. The van der Waals surface area contributed by atoms with Crippen molar-refractivity contribution in [2.45, 2.75) is 25.8 Å². The number of para-hydroxylation sites is 1. The minimum atomic E-state index is -0.170. The number of hydrogen-bond acceptors (Lipinski definition) is 6. The Morgan fingerprint density at radius 3 is 2.80 bits per heavy atom. The SMILES string of the molecule is CN(Cc1nc2ccsc2c(=O)[nH]1)C(=O)c1c2c(nc3ccccc13)/C(=C/c1cccs1)CCC2. The van der Waals surface area contributed by atoms with E-state index in [1.54, 1.807) is 23.3 Å². The summed E-state index contributed by atoms with van der Waals surface area (Å²) in [5.74, 6) is 0.382. The van der Waals surface area contributed by atoms with Crippen LogP contribution in [0.2, 0.25) is 0 Å². The number of allylic oxidation sites excluding steroid dienone is 1. The standard InChI is InChI=1S/C27H22N4O2S2/c1-31(15-22-28-21-11-13-35-25(21)26(32)30-22)27(33)23-18-8-2-3-10-20(18)29-24-16(6-4-9-19(23)24)14-17-7-5-12-34-17/h2-3,5,7-8,10-14H,4,6,9,15H2,1H3,(H,28,30,32)/b16-14+. The summed E-state index contributed by atoms with van der Waals surface area (Å²) in [7, 11) is 1.76. The number of nitrogens with zero attached hydrogens (tertiary/aromatic N) is 3. The van der Waals surface area contributed by atoms with Crippen molar-refractivity contribution in [3.63, 3.8) is 0 Å². The Morgan fingerprint density at radius 2 is 1.94 bits per heavy atom. The van der Waals surface area contributed by atoms with E-state index in [2.05, 4.69) is 27.5 Å². The van der Waals surface area contributed by atoms with Crippen LogP contribution in [0.15, 0.2) is 58.0 Å². The van der Waals surface area contributed by atoms with Crippen LogP contribution in [-0.4, -0.2) is 32.8 Å². The summed E-state index contributed by atoms with van der Waals surface area (Å²) in [6.07, 6.45) is 4.91. The molecule has 1 aliphatic rings. The number of pyridine rings is 1. The van der Waals surface area contributed by atoms with Gasteiger partial charge in [0, 0.05) is 17.3 Å². The summed E-state index contributed by atoms with van der Waals surface area (Å²) in [6, 6.07) is 13.8. The average Bonchev–Trinajstić information content (AvgIpc) is 3.55. The van der Waals surface area contributed by atoms with E-state index in [9.17, 15) is 9.59 Å². The van der Waals surface area contributed by atoms with E-state index >= 15 is 0 Å². The molecule has 4 aromatic heterocycles. The predicted octanol–water partition coefficient (Wildman–Crippen LogP) is 5.74. The van der Waals surface area contributed by atoms with Crippen molar-refractivity contribution in [1.82, 2.24) is 19.9 Å². The van der Waals surface area contributed by atoms with Crippen LogP contribution in [0.3, 0.4) is 0 Å². The fraction of sp³-hybridized carbons (Fsp3) is 0.185. The van der Waals surface area contributed by atoms with Crippen LogP contribution < -0.4 is 5.56 Å². The molecule has 5 aromatic rings. The van der Waals surface area contributed by atoms with E-state index in [1.807, 2.05) is 41.8 Å². The lowest BCUT2D eigenvalue weighted by Crippen LogP contribution is -2.30. The maximum Gasteiger partial charge on any atom is 0.268 e. The van der Waals surface area contributed by atoms with Gasteiger partial charge < -0.3 is 9.88 Å². The van der Waals surface area contributed by atoms with Gasteiger partial charge in [0.1, 0.15) is 10.5 Å². The number of fused-ring (bicyclic) bond motifs is 3. The van der Waals surface area contributed by atoms with Gasteiger partial charge in [-0.2, -0.15) is 0 Å². The Balaban J connectivity index is 1.44. The lowest BCUT2D eigenvalue weighted by atomic mass is 9.86. The van der Waals surface area contributed by atoms with Gasteiger partial charge in [0.25, 0.3) is 11.5 Å². The zero-order valence-electron chi connectivity index (χ0n) is 19.1. The molecule has 0 aliphatic heterocycles. The molecule has 1 aliphatic carbocycles. The molecule has 0 bridgehead atoms. The minimum Gasteiger partial charge on any atom is -0.334 e. The van der Waals surface area contributed by atoms with Crippen molar-refractivity contribution in [2.75, 3.05) is 7.05 Å². The maximum atomic E-state index is 13.9. The number of nitrogens with one attached hydrogen (secondary N) is 1. The van der Waals surface area contributed by atoms with Crippen molar-refractivity contribution < 1.29 is 4.79 Å². The molecule has 0 radical (unpaired) electrons. The zero-order chi connectivity index (χ0) is 23.9. The number of amides is 1. The minimum absolute atomic E-state index is 0.0923. The van der Waals surface area contributed by atoms with Gasteiger partial charge in [-0.05, 0) is 65.4 Å². The number of benzene rings is 1. The van der Waals surface area contributed by atoms with Gasteiger partial charge in [0.15, 0.2) is 0 Å². The summed E-state index contributed by atoms with van der Waals surface area (Å²) in [6.45, 7) is 0.211. The molecule has 0 unspecified atom stereocenters. The third-order valence-corrected chi connectivity index (χ3v) is 8.06. The second-order valence-corrected chi connectivity index (χ2v) is 10.6. The van der Waals surface area contributed by atoms with Crippen LogP contribution in [0.5, 0.6) is 0 Å². The van der Waals surface area contributed by atoms with Crippen molar-refractivity contribution in [2.24, 2.45) is 0 Å². The van der Waals surface area contributed by atoms with Gasteiger partial charge in [0.05, 0.1) is 28.8 Å². The molecule has 8 heteroatoms. The Hall–Kier alpha value is -3.62. The van der Waals surface area contributed by atoms with Crippen molar-refractivity contribution >= 4 is 61.3 Å². The highest BCUT2D eigenvalue weighted by molar-refractivity contribution is 7.17. The van der Waals surface area contributed by atoms with Gasteiger partial charge in [-0.15, -0.1) is 22.7 Å². The highest BCUT2D eigenvalue weighted by Gasteiger charge is 2.27. The third kappa shape index (κ3) is 3.98. The molecule has 1 N–H and O–H groups in total. The zero-order valence-corrected chi connectivity index (χ0v) is 20.7. The van der Waals surface area contributed by atoms with Gasteiger partial charge in [-0.1, -0.05) is 24.3 Å². The van der Waals surface area contributed by atoms with Crippen molar-refractivity contribution in [3.8, 4) is 0 Å². The molecular formula is C27H22N4O2S2. The molecule has 6 rings (SSSR count). The van der Waals surface area contributed by atoms with E-state index in [1.165, 1.54) is 21.8 Å². The molecule has 174 valence electrons. The highest BCUT2D eigenvalue weighted by atomic mass is 32.1. The molecular weight excluding hydrogens is 476 g/mol. The predicted molar refractivity (Wildman–Crippen MR) is 143 cm³/mol. The number of H-pyrrole nitrogens is 1. The van der Waals surface area contributed by atoms with E-state index < -0.39 is 0 Å². The van der Waals surface area contributed by atoms with Gasteiger partial charge >= 0.3 is 0 Å². The lowest BCUT2D eigenvalue weighted by Gasteiger charge is -2.25. The van der Waals surface area contributed by atoms with Crippen LogP contribution in [0.1, 0.15) is 45.2 Å². The van der Waals surface area contributed by atoms with Gasteiger partial charge in [-0.3, -0.25) is 9.59 Å². The van der Waals surface area contributed by atoms with E-state index in [4.69, 9.17) is 4.98 Å². The molecule has 0 spiro atoms. The molecule has 0 fully saturated rings. The second kappa shape index (κ2) is 8.87. The summed E-state index contributed by atoms with van der Waals surface area (Å²) < 4.78 is 0.599. The number of aromatic nitrogens is 3. The number of carbonyl (C=O) groups excluding carboxylic acids is 1. The first-order valence-corrected chi connectivity index (χ1v) is 13.2. The van der Waals surface area contributed by atoms with Crippen LogP contribution in [0, 0.1) is 0 Å². The first-order chi connectivity index (χ1) is 17.1. The van der Waals surface area contributed by atoms with Gasteiger partial charge in [-0.25, -0.2) is 9.97 Å². The Bertz CT molecular complexity index is 1660. The molecule has 35 heavy (non-hydrogen) atoms. The molecule has 6 nitrogen and oxygen atoms in total. The smallest absolute Gasteiger partial charge is 0.268 e. The molecule has 0 atom stereocenters. The number of aromatic amines is 1. The maximum absolute atomic E-state index is 13.9. The summed E-state index contributed by atoms with van der Waals surface area (Å²) in [5, 5.41) is 4.78. The number of thiophene rings is 2. The van der Waals surface area contributed by atoms with E-state index in [0.29, 0.717) is 21.6 Å². The van der Waals surface area contributed by atoms with Crippen LogP contribution in [0.25, 0.3) is 32.8 Å². The quantitative estimate of drug-likeness (QED) is 0.343. The largest absolute Gasteiger partial charge is 0.334 e. The monoisotopic (exact) mass is 498 g/mol. The Labute approximate surface area is 209 Å². The summed E-state index contributed by atoms with van der Waals surface area (Å²) in [5.41, 5.74) is 5.10. The Morgan fingerprint density at radius 1 is 1.06 bits per heavy atom. The van der Waals surface area contributed by atoms with Crippen molar-refractivity contribution in [3.05, 3.63) is 91.1 Å². The third-order valence-electron chi connectivity index (χ3n) is 6.34. The fourth-order valence-electron chi connectivity index (χ4n) is 4.75. The van der Waals surface area contributed by atoms with Crippen LogP contribution >= 0.6 is 22.7 Å². The number of rotatable bonds is 4. The number of hydrogen-bond donors (Lipinski definition) is 1. The summed E-state index contributed by atoms with van der Waals surface area (Å²) in [4.78, 5) is 41.6. The highest BCUT2D eigenvalue weighted by Crippen LogP contribution is 2.37. The average molecular weight is 499 g/mol. The first-order valence-electron chi connectivity index (χ1n) is 11.5. The molecule has 0 saturated heterocycles. The fourth-order valence-corrected chi connectivity index (χ4v) is 6.16. The molecule has 1 amide bonds. The summed E-state index contributed by atoms with van der Waals surface area (Å²) >= 11 is 3.06. The Kier molecular flexibility index (Phi) is 5.54. The molecule has 4 heterocycles. The number of carbonyl (C=O) groups is 1. The lowest BCUT2D eigenvalue weighted by molar-refractivity contribution is 0.0782. The van der Waals surface area contributed by atoms with E-state index in [0.717, 1.165) is 41.4 Å². The normalized spacial score (nSPS) is 14.5. The van der Waals surface area contributed by atoms with Crippen molar-refractivity contribution in [1.29, 1.82) is 0 Å². The van der Waals surface area contributed by atoms with Gasteiger partial charge in [0.2, 0.25) is 0 Å². The molecule has 1 aromatic carbocycles. The molecule has 0 saturated carbocycles. The van der Waals surface area contributed by atoms with Crippen LogP contribution in [0.4, 0.5) is 0 Å². The second-order valence-electron chi connectivity index (χ2n) is 8.68. The topological polar surface area (TPSA) is 79.0 Å². The van der Waals surface area contributed by atoms with Crippen LogP contribution in [-0.2, 0) is 13.0 Å².